The Morgan fingerprint density at radius 2 is 2.33 bits per heavy atom. The highest BCUT2D eigenvalue weighted by Crippen LogP contribution is 2.14. The molecule has 0 aliphatic heterocycles. The third-order valence-corrected chi connectivity index (χ3v) is 1.44. The monoisotopic (exact) mass is 190 g/mol. The van der Waals surface area contributed by atoms with E-state index in [2.05, 4.69) is 20.9 Å². The van der Waals surface area contributed by atoms with Crippen LogP contribution in [0.25, 0.3) is 0 Å². The Kier molecular flexibility index (Phi) is 1.66. The molecular formula is C5H4BrFN2. The summed E-state index contributed by atoms with van der Waals surface area (Å²) < 4.78 is 12.7. The summed E-state index contributed by atoms with van der Waals surface area (Å²) in [5.41, 5.74) is 5.22. The first kappa shape index (κ1) is 6.48. The summed E-state index contributed by atoms with van der Waals surface area (Å²) in [7, 11) is 0. The number of anilines is 1. The largest absolute Gasteiger partial charge is 0.384 e. The Morgan fingerprint density at radius 1 is 1.67 bits per heavy atom. The van der Waals surface area contributed by atoms with Gasteiger partial charge in [0.25, 0.3) is 0 Å². The van der Waals surface area contributed by atoms with Crippen LogP contribution in [0.15, 0.2) is 16.7 Å². The van der Waals surface area contributed by atoms with Gasteiger partial charge in [-0.05, 0) is 22.0 Å². The van der Waals surface area contributed by atoms with Crippen molar-refractivity contribution in [3.63, 3.8) is 0 Å². The Bertz CT molecular complexity index is 226. The summed E-state index contributed by atoms with van der Waals surface area (Å²) in [5.74, 6) is -0.0903. The summed E-state index contributed by atoms with van der Waals surface area (Å²) in [5, 5.41) is 0. The van der Waals surface area contributed by atoms with Gasteiger partial charge in [0.15, 0.2) is 5.82 Å². The van der Waals surface area contributed by atoms with Gasteiger partial charge in [0.1, 0.15) is 5.82 Å². The topological polar surface area (TPSA) is 38.9 Å². The molecule has 0 atom stereocenters. The molecule has 0 saturated heterocycles. The quantitative estimate of drug-likeness (QED) is 0.675. The van der Waals surface area contributed by atoms with Crippen molar-refractivity contribution in [3.8, 4) is 0 Å². The van der Waals surface area contributed by atoms with E-state index in [1.807, 2.05) is 0 Å². The van der Waals surface area contributed by atoms with E-state index in [4.69, 9.17) is 5.73 Å². The molecule has 48 valence electrons. The molecule has 2 N–H and O–H groups in total. The highest BCUT2D eigenvalue weighted by molar-refractivity contribution is 9.10. The molecule has 1 rings (SSSR count). The Labute approximate surface area is 60.0 Å². The molecule has 0 aliphatic carbocycles. The predicted octanol–water partition coefficient (Wildman–Crippen LogP) is 1.57. The molecule has 9 heavy (non-hydrogen) atoms. The van der Waals surface area contributed by atoms with E-state index in [1.54, 1.807) is 0 Å². The van der Waals surface area contributed by atoms with Crippen molar-refractivity contribution in [1.82, 2.24) is 4.98 Å². The fourth-order valence-corrected chi connectivity index (χ4v) is 0.766. The van der Waals surface area contributed by atoms with Gasteiger partial charge < -0.3 is 5.73 Å². The molecule has 1 aromatic rings. The first-order valence-electron chi connectivity index (χ1n) is 2.26. The van der Waals surface area contributed by atoms with Crippen LogP contribution in [0.1, 0.15) is 0 Å². The first-order chi connectivity index (χ1) is 4.20. The minimum Gasteiger partial charge on any atom is -0.384 e. The maximum Gasteiger partial charge on any atom is 0.155 e. The van der Waals surface area contributed by atoms with Crippen LogP contribution in [0.4, 0.5) is 10.2 Å². The van der Waals surface area contributed by atoms with Crippen LogP contribution in [-0.2, 0) is 0 Å². The SMILES string of the molecule is Nc1cc(Br)c(F)cn1. The fourth-order valence-electron chi connectivity index (χ4n) is 0.429. The molecule has 0 fully saturated rings. The number of pyridine rings is 1. The minimum atomic E-state index is -0.399. The summed E-state index contributed by atoms with van der Waals surface area (Å²) in [4.78, 5) is 3.51. The van der Waals surface area contributed by atoms with Crippen LogP contribution in [-0.4, -0.2) is 4.98 Å². The van der Waals surface area contributed by atoms with Gasteiger partial charge in [-0.25, -0.2) is 9.37 Å². The number of hydrogen-bond donors (Lipinski definition) is 1. The lowest BCUT2D eigenvalue weighted by molar-refractivity contribution is 0.615. The van der Waals surface area contributed by atoms with Crippen LogP contribution in [0.3, 0.4) is 0 Å². The van der Waals surface area contributed by atoms with E-state index in [1.165, 1.54) is 6.07 Å². The molecule has 0 aliphatic rings. The van der Waals surface area contributed by atoms with Gasteiger partial charge in [-0.3, -0.25) is 0 Å². The maximum atomic E-state index is 12.3. The molecule has 4 heteroatoms. The zero-order chi connectivity index (χ0) is 6.85. The lowest BCUT2D eigenvalue weighted by atomic mass is 10.4. The van der Waals surface area contributed by atoms with Gasteiger partial charge >= 0.3 is 0 Å². The maximum absolute atomic E-state index is 12.3. The number of nitrogens with zero attached hydrogens (tertiary/aromatic N) is 1. The first-order valence-corrected chi connectivity index (χ1v) is 3.06. The van der Waals surface area contributed by atoms with Gasteiger partial charge in [-0.2, -0.15) is 0 Å². The lowest BCUT2D eigenvalue weighted by Crippen LogP contribution is -1.90. The molecule has 0 saturated carbocycles. The third-order valence-electron chi connectivity index (χ3n) is 0.830. The number of nitrogen functional groups attached to an aromatic ring is 1. The second kappa shape index (κ2) is 2.31. The predicted molar refractivity (Wildman–Crippen MR) is 36.3 cm³/mol. The second-order valence-corrected chi connectivity index (χ2v) is 2.38. The Hall–Kier alpha value is -0.640. The van der Waals surface area contributed by atoms with E-state index in [9.17, 15) is 4.39 Å². The fraction of sp³-hybridized carbons (Fsp3) is 0. The molecule has 2 nitrogen and oxygen atoms in total. The number of rotatable bonds is 0. The van der Waals surface area contributed by atoms with E-state index in [0.29, 0.717) is 10.3 Å². The molecule has 0 amide bonds. The van der Waals surface area contributed by atoms with Crippen LogP contribution in [0.2, 0.25) is 0 Å². The van der Waals surface area contributed by atoms with Crippen molar-refractivity contribution in [3.05, 3.63) is 22.6 Å². The van der Waals surface area contributed by atoms with Crippen LogP contribution in [0, 0.1) is 5.82 Å². The molecule has 0 unspecified atom stereocenters. The van der Waals surface area contributed by atoms with Crippen molar-refractivity contribution >= 4 is 21.7 Å². The minimum absolute atomic E-state index is 0.309. The Morgan fingerprint density at radius 3 is 2.78 bits per heavy atom. The highest BCUT2D eigenvalue weighted by Gasteiger charge is 1.96. The zero-order valence-electron chi connectivity index (χ0n) is 4.44. The summed E-state index contributed by atoms with van der Waals surface area (Å²) in [6.45, 7) is 0. The van der Waals surface area contributed by atoms with Gasteiger partial charge in [0, 0.05) is 0 Å². The zero-order valence-corrected chi connectivity index (χ0v) is 6.02. The van der Waals surface area contributed by atoms with Crippen LogP contribution < -0.4 is 5.73 Å². The van der Waals surface area contributed by atoms with Crippen LogP contribution in [0.5, 0.6) is 0 Å². The normalized spacial score (nSPS) is 9.56. The van der Waals surface area contributed by atoms with Gasteiger partial charge in [0.2, 0.25) is 0 Å². The lowest BCUT2D eigenvalue weighted by Gasteiger charge is -1.92. The van der Waals surface area contributed by atoms with E-state index in [-0.39, 0.29) is 0 Å². The highest BCUT2D eigenvalue weighted by atomic mass is 79.9. The number of aromatic nitrogens is 1. The molecular weight excluding hydrogens is 187 g/mol. The number of halogens is 2. The van der Waals surface area contributed by atoms with Crippen molar-refractivity contribution in [2.24, 2.45) is 0 Å². The Balaban J connectivity index is 3.17. The summed E-state index contributed by atoms with van der Waals surface area (Å²) in [6.07, 6.45) is 1.07. The molecule has 0 radical (unpaired) electrons. The van der Waals surface area contributed by atoms with Crippen LogP contribution >= 0.6 is 15.9 Å². The second-order valence-electron chi connectivity index (χ2n) is 1.52. The number of nitrogens with two attached hydrogens (primary N) is 1. The molecule has 0 bridgehead atoms. The average Bonchev–Trinajstić information content (AvgIpc) is 1.80. The number of hydrogen-bond acceptors (Lipinski definition) is 2. The van der Waals surface area contributed by atoms with Crippen molar-refractivity contribution in [2.45, 2.75) is 0 Å². The standard InChI is InChI=1S/C5H4BrFN2/c6-3-1-5(8)9-2-4(3)7/h1-2H,(H2,8,9). The third kappa shape index (κ3) is 1.38. The van der Waals surface area contributed by atoms with Crippen molar-refractivity contribution in [2.75, 3.05) is 5.73 Å². The van der Waals surface area contributed by atoms with Crippen molar-refractivity contribution in [1.29, 1.82) is 0 Å². The smallest absolute Gasteiger partial charge is 0.155 e. The molecule has 1 aromatic heterocycles. The molecule has 1 heterocycles. The van der Waals surface area contributed by atoms with E-state index >= 15 is 0 Å². The van der Waals surface area contributed by atoms with Gasteiger partial charge in [-0.1, -0.05) is 0 Å². The summed E-state index contributed by atoms with van der Waals surface area (Å²) in [6, 6.07) is 1.41. The van der Waals surface area contributed by atoms with Crippen molar-refractivity contribution < 1.29 is 4.39 Å². The van der Waals surface area contributed by atoms with Gasteiger partial charge in [-0.15, -0.1) is 0 Å². The van der Waals surface area contributed by atoms with E-state index in [0.717, 1.165) is 6.20 Å². The average molecular weight is 191 g/mol. The summed E-state index contributed by atoms with van der Waals surface area (Å²) >= 11 is 2.95. The van der Waals surface area contributed by atoms with Gasteiger partial charge in [0.05, 0.1) is 10.7 Å². The molecule has 0 aromatic carbocycles. The van der Waals surface area contributed by atoms with E-state index < -0.39 is 5.82 Å². The molecule has 0 spiro atoms.